The summed E-state index contributed by atoms with van der Waals surface area (Å²) in [6.07, 6.45) is 5.17. The minimum Gasteiger partial charge on any atom is -0.455 e. The third kappa shape index (κ3) is 5.99. The average Bonchev–Trinajstić information content (AvgIpc) is 3.08. The number of carbonyl (C=O) groups excluding carboxylic acids is 3. The van der Waals surface area contributed by atoms with E-state index in [9.17, 15) is 14.4 Å². The molecule has 1 heterocycles. The molecule has 0 aliphatic heterocycles. The number of amides is 3. The summed E-state index contributed by atoms with van der Waals surface area (Å²) in [5.41, 5.74) is 1.34. The van der Waals surface area contributed by atoms with Crippen molar-refractivity contribution in [3.05, 3.63) is 24.3 Å². The average molecular weight is 391 g/mol. The second-order valence-corrected chi connectivity index (χ2v) is 7.18. The lowest BCUT2D eigenvalue weighted by Crippen LogP contribution is -2.46. The Bertz CT molecular complexity index is 783. The number of thioether (sulfide) groups is 1. The third-order valence-corrected chi connectivity index (χ3v) is 4.95. The van der Waals surface area contributed by atoms with Gasteiger partial charge < -0.3 is 14.5 Å². The van der Waals surface area contributed by atoms with Gasteiger partial charge in [-0.2, -0.15) is 0 Å². The standard InChI is InChI=1S/C18H21N3O5S/c22-15(21-17(24)19-12-6-2-1-3-7-12)10-25-16(23)11-27-18-20-13-8-4-5-9-14(13)26-18/h4-5,8-9,12H,1-3,6-7,10-11H2,(H2,19,21,22,24). The lowest BCUT2D eigenvalue weighted by molar-refractivity contribution is -0.145. The van der Waals surface area contributed by atoms with Crippen LogP contribution in [0.3, 0.4) is 0 Å². The highest BCUT2D eigenvalue weighted by molar-refractivity contribution is 7.99. The van der Waals surface area contributed by atoms with Crippen LogP contribution in [0.5, 0.6) is 0 Å². The monoisotopic (exact) mass is 391 g/mol. The number of aromatic nitrogens is 1. The number of urea groups is 1. The van der Waals surface area contributed by atoms with Gasteiger partial charge in [0.05, 0.1) is 0 Å². The molecule has 0 bridgehead atoms. The number of benzene rings is 1. The van der Waals surface area contributed by atoms with Crippen molar-refractivity contribution in [3.63, 3.8) is 0 Å². The molecular weight excluding hydrogens is 370 g/mol. The zero-order valence-electron chi connectivity index (χ0n) is 14.7. The Hall–Kier alpha value is -2.55. The molecule has 0 radical (unpaired) electrons. The van der Waals surface area contributed by atoms with Gasteiger partial charge in [0.15, 0.2) is 12.2 Å². The number of hydrogen-bond donors (Lipinski definition) is 2. The van der Waals surface area contributed by atoms with Crippen LogP contribution in [0, 0.1) is 0 Å². The Labute approximate surface area is 160 Å². The lowest BCUT2D eigenvalue weighted by atomic mass is 9.96. The van der Waals surface area contributed by atoms with Gasteiger partial charge in [0, 0.05) is 6.04 Å². The Morgan fingerprint density at radius 3 is 2.74 bits per heavy atom. The van der Waals surface area contributed by atoms with E-state index in [1.54, 1.807) is 6.07 Å². The fourth-order valence-corrected chi connectivity index (χ4v) is 3.49. The van der Waals surface area contributed by atoms with Crippen molar-refractivity contribution in [1.82, 2.24) is 15.6 Å². The largest absolute Gasteiger partial charge is 0.455 e. The number of nitrogens with zero attached hydrogens (tertiary/aromatic N) is 1. The van der Waals surface area contributed by atoms with Gasteiger partial charge in [-0.05, 0) is 25.0 Å². The van der Waals surface area contributed by atoms with E-state index in [-0.39, 0.29) is 11.8 Å². The van der Waals surface area contributed by atoms with Gasteiger partial charge in [-0.25, -0.2) is 9.78 Å². The first-order valence-corrected chi connectivity index (χ1v) is 9.83. The zero-order valence-corrected chi connectivity index (χ0v) is 15.5. The molecule has 1 aliphatic rings. The number of carbonyl (C=O) groups is 3. The summed E-state index contributed by atoms with van der Waals surface area (Å²) in [4.78, 5) is 39.4. The van der Waals surface area contributed by atoms with Gasteiger partial charge in [-0.15, -0.1) is 0 Å². The van der Waals surface area contributed by atoms with Crippen molar-refractivity contribution in [1.29, 1.82) is 0 Å². The van der Waals surface area contributed by atoms with Crippen LogP contribution in [0.2, 0.25) is 0 Å². The summed E-state index contributed by atoms with van der Waals surface area (Å²) in [5.74, 6) is -1.30. The number of ether oxygens (including phenoxy) is 1. The van der Waals surface area contributed by atoms with Crippen LogP contribution in [0.25, 0.3) is 11.1 Å². The van der Waals surface area contributed by atoms with Crippen molar-refractivity contribution in [2.24, 2.45) is 0 Å². The maximum Gasteiger partial charge on any atom is 0.321 e. The SMILES string of the molecule is O=C(COC(=O)CSc1nc2ccccc2o1)NC(=O)NC1CCCCC1. The third-order valence-electron chi connectivity index (χ3n) is 4.15. The first-order chi connectivity index (χ1) is 13.1. The predicted molar refractivity (Wildman–Crippen MR) is 99.2 cm³/mol. The molecule has 3 rings (SSSR count). The fraction of sp³-hybridized carbons (Fsp3) is 0.444. The quantitative estimate of drug-likeness (QED) is 0.575. The van der Waals surface area contributed by atoms with Crippen LogP contribution in [-0.4, -0.2) is 41.3 Å². The van der Waals surface area contributed by atoms with Crippen LogP contribution in [0.4, 0.5) is 4.79 Å². The predicted octanol–water partition coefficient (Wildman–Crippen LogP) is 2.62. The van der Waals surface area contributed by atoms with E-state index < -0.39 is 24.5 Å². The molecule has 1 saturated carbocycles. The van der Waals surface area contributed by atoms with Crippen LogP contribution in [-0.2, 0) is 14.3 Å². The maximum absolute atomic E-state index is 11.8. The molecule has 0 atom stereocenters. The molecule has 0 unspecified atom stereocenters. The van der Waals surface area contributed by atoms with E-state index >= 15 is 0 Å². The number of imide groups is 1. The van der Waals surface area contributed by atoms with Gasteiger partial charge in [0.1, 0.15) is 11.3 Å². The molecule has 0 spiro atoms. The van der Waals surface area contributed by atoms with E-state index in [1.165, 1.54) is 6.42 Å². The summed E-state index contributed by atoms with van der Waals surface area (Å²) < 4.78 is 10.3. The summed E-state index contributed by atoms with van der Waals surface area (Å²) in [5, 5.41) is 5.28. The van der Waals surface area contributed by atoms with Gasteiger partial charge in [0.2, 0.25) is 0 Å². The fourth-order valence-electron chi connectivity index (χ4n) is 2.85. The molecular formula is C18H21N3O5S. The Kier molecular flexibility index (Phi) is 6.69. The molecule has 0 saturated heterocycles. The Balaban J connectivity index is 1.34. The highest BCUT2D eigenvalue weighted by Crippen LogP contribution is 2.23. The Morgan fingerprint density at radius 2 is 1.96 bits per heavy atom. The maximum atomic E-state index is 11.8. The Morgan fingerprint density at radius 1 is 1.19 bits per heavy atom. The number of nitrogens with one attached hydrogen (secondary N) is 2. The molecule has 1 fully saturated rings. The summed E-state index contributed by atoms with van der Waals surface area (Å²) in [6, 6.07) is 6.82. The normalized spacial score (nSPS) is 14.7. The minimum absolute atomic E-state index is 0.0472. The number of fused-ring (bicyclic) bond motifs is 1. The molecule has 8 nitrogen and oxygen atoms in total. The summed E-state index contributed by atoms with van der Waals surface area (Å²) >= 11 is 1.08. The second-order valence-electron chi connectivity index (χ2n) is 6.25. The number of oxazole rings is 1. The number of hydrogen-bond acceptors (Lipinski definition) is 7. The van der Waals surface area contributed by atoms with Gasteiger partial charge in [-0.1, -0.05) is 43.2 Å². The molecule has 3 amide bonds. The minimum atomic E-state index is -0.663. The molecule has 1 aromatic carbocycles. The number of para-hydroxylation sites is 2. The molecule has 144 valence electrons. The highest BCUT2D eigenvalue weighted by atomic mass is 32.2. The number of esters is 1. The van der Waals surface area contributed by atoms with Crippen molar-refractivity contribution >= 4 is 40.8 Å². The van der Waals surface area contributed by atoms with E-state index in [0.29, 0.717) is 16.3 Å². The van der Waals surface area contributed by atoms with Crippen LogP contribution in [0.1, 0.15) is 32.1 Å². The number of rotatable bonds is 6. The van der Waals surface area contributed by atoms with Crippen LogP contribution in [0.15, 0.2) is 33.9 Å². The van der Waals surface area contributed by atoms with Crippen molar-refractivity contribution in [2.45, 2.75) is 43.4 Å². The van der Waals surface area contributed by atoms with Crippen molar-refractivity contribution in [3.8, 4) is 0 Å². The molecule has 2 aromatic rings. The van der Waals surface area contributed by atoms with E-state index in [0.717, 1.165) is 37.4 Å². The molecule has 2 N–H and O–H groups in total. The van der Waals surface area contributed by atoms with E-state index in [4.69, 9.17) is 9.15 Å². The van der Waals surface area contributed by atoms with Crippen LogP contribution < -0.4 is 10.6 Å². The van der Waals surface area contributed by atoms with Crippen molar-refractivity contribution < 1.29 is 23.5 Å². The van der Waals surface area contributed by atoms with E-state index in [2.05, 4.69) is 15.6 Å². The smallest absolute Gasteiger partial charge is 0.321 e. The van der Waals surface area contributed by atoms with Crippen LogP contribution >= 0.6 is 11.8 Å². The second kappa shape index (κ2) is 9.40. The lowest BCUT2D eigenvalue weighted by Gasteiger charge is -2.22. The molecule has 1 aliphatic carbocycles. The first-order valence-electron chi connectivity index (χ1n) is 8.84. The summed E-state index contributed by atoms with van der Waals surface area (Å²) in [7, 11) is 0. The van der Waals surface area contributed by atoms with Gasteiger partial charge in [-0.3, -0.25) is 14.9 Å². The van der Waals surface area contributed by atoms with Gasteiger partial charge >= 0.3 is 12.0 Å². The summed E-state index contributed by atoms with van der Waals surface area (Å²) in [6.45, 7) is -0.509. The molecule has 1 aromatic heterocycles. The first kappa shape index (κ1) is 19.2. The zero-order chi connectivity index (χ0) is 19.1. The van der Waals surface area contributed by atoms with Gasteiger partial charge in [0.25, 0.3) is 11.1 Å². The molecule has 27 heavy (non-hydrogen) atoms. The topological polar surface area (TPSA) is 111 Å². The van der Waals surface area contributed by atoms with Crippen molar-refractivity contribution in [2.75, 3.05) is 12.4 Å². The molecule has 9 heteroatoms. The highest BCUT2D eigenvalue weighted by Gasteiger charge is 2.18. The van der Waals surface area contributed by atoms with E-state index in [1.807, 2.05) is 18.2 Å².